The molecule has 1 aromatic carbocycles. The van der Waals surface area contributed by atoms with Crippen LogP contribution in [0.15, 0.2) is 36.7 Å². The second-order valence-corrected chi connectivity index (χ2v) is 12.0. The summed E-state index contributed by atoms with van der Waals surface area (Å²) in [6.45, 7) is 1.35. The average molecular weight is 568 g/mol. The summed E-state index contributed by atoms with van der Waals surface area (Å²) in [4.78, 5) is 25.0. The molecule has 12 nitrogen and oxygen atoms in total. The Hall–Kier alpha value is -2.90. The molecule has 1 aliphatic rings. The van der Waals surface area contributed by atoms with Crippen LogP contribution in [-0.4, -0.2) is 57.6 Å². The van der Waals surface area contributed by atoms with Crippen molar-refractivity contribution in [3.63, 3.8) is 0 Å². The number of halogens is 1. The SMILES string of the molecule is CCOC(=O)[C@H](C)NP(=S)(OC[C@]1(F)C[C@H](C)[C@H](n2cnc3c(NC)nc(N)nc32)O1)Oc1ccccc1. The van der Waals surface area contributed by atoms with Gasteiger partial charge in [-0.25, -0.2) is 14.5 Å². The number of carbonyl (C=O) groups is 1. The van der Waals surface area contributed by atoms with Gasteiger partial charge in [0.1, 0.15) is 24.6 Å². The molecule has 0 bridgehead atoms. The Balaban J connectivity index is 1.53. The van der Waals surface area contributed by atoms with Crippen molar-refractivity contribution in [3.05, 3.63) is 36.7 Å². The Morgan fingerprint density at radius 3 is 2.82 bits per heavy atom. The van der Waals surface area contributed by atoms with Gasteiger partial charge in [0.15, 0.2) is 17.0 Å². The van der Waals surface area contributed by atoms with E-state index in [0.717, 1.165) is 0 Å². The van der Waals surface area contributed by atoms with Crippen LogP contribution in [0.1, 0.15) is 33.4 Å². The summed E-state index contributed by atoms with van der Waals surface area (Å²) in [6, 6.07) is 7.87. The molecular weight excluding hydrogens is 536 g/mol. The molecule has 4 N–H and O–H groups in total. The first-order chi connectivity index (χ1) is 18.1. The molecule has 0 amide bonds. The number of hydrogen-bond donors (Lipinski definition) is 3. The first-order valence-electron chi connectivity index (χ1n) is 12.0. The Morgan fingerprint density at radius 1 is 1.39 bits per heavy atom. The van der Waals surface area contributed by atoms with E-state index < -0.39 is 37.3 Å². The van der Waals surface area contributed by atoms with Crippen molar-refractivity contribution in [2.75, 3.05) is 31.3 Å². The number of carbonyl (C=O) groups excluding carboxylic acids is 1. The van der Waals surface area contributed by atoms with E-state index in [0.29, 0.717) is 22.7 Å². The lowest BCUT2D eigenvalue weighted by atomic mass is 10.1. The number of nitrogens with zero attached hydrogens (tertiary/aromatic N) is 4. The molecule has 38 heavy (non-hydrogen) atoms. The predicted molar refractivity (Wildman–Crippen MR) is 144 cm³/mol. The predicted octanol–water partition coefficient (Wildman–Crippen LogP) is 3.53. The number of nitrogens with two attached hydrogens (primary N) is 1. The fourth-order valence-corrected chi connectivity index (χ4v) is 6.54. The van der Waals surface area contributed by atoms with Crippen LogP contribution in [-0.2, 0) is 30.6 Å². The van der Waals surface area contributed by atoms with Crippen LogP contribution in [0.4, 0.5) is 16.2 Å². The Labute approximate surface area is 224 Å². The lowest BCUT2D eigenvalue weighted by molar-refractivity contribution is -0.172. The highest BCUT2D eigenvalue weighted by Crippen LogP contribution is 2.49. The van der Waals surface area contributed by atoms with Gasteiger partial charge in [0.2, 0.25) is 11.8 Å². The highest BCUT2D eigenvalue weighted by molar-refractivity contribution is 8.09. The number of rotatable bonds is 11. The summed E-state index contributed by atoms with van der Waals surface area (Å²) in [5.41, 5.74) is 6.74. The number of imidazole rings is 1. The molecule has 4 rings (SSSR count). The smallest absolute Gasteiger partial charge is 0.323 e. The van der Waals surface area contributed by atoms with Gasteiger partial charge in [-0.3, -0.25) is 9.36 Å². The minimum atomic E-state index is -3.43. The molecule has 206 valence electrons. The Bertz CT molecular complexity index is 1330. The molecule has 2 aromatic heterocycles. The highest BCUT2D eigenvalue weighted by Gasteiger charge is 2.48. The second kappa shape index (κ2) is 11.5. The van der Waals surface area contributed by atoms with Gasteiger partial charge in [-0.15, -0.1) is 0 Å². The third-order valence-corrected chi connectivity index (χ3v) is 8.29. The van der Waals surface area contributed by atoms with E-state index in [9.17, 15) is 4.79 Å². The number of anilines is 2. The van der Waals surface area contributed by atoms with Gasteiger partial charge in [-0.05, 0) is 37.8 Å². The van der Waals surface area contributed by atoms with Crippen LogP contribution in [0.5, 0.6) is 5.75 Å². The number of nitrogen functional groups attached to an aromatic ring is 1. The molecule has 1 fully saturated rings. The Kier molecular flexibility index (Phi) is 8.48. The maximum atomic E-state index is 16.1. The van der Waals surface area contributed by atoms with Crippen LogP contribution in [0.3, 0.4) is 0 Å². The number of aromatic nitrogens is 4. The summed E-state index contributed by atoms with van der Waals surface area (Å²) in [5.74, 6) is -2.11. The fraction of sp³-hybridized carbons (Fsp3) is 0.478. The van der Waals surface area contributed by atoms with E-state index in [1.807, 2.05) is 13.0 Å². The Morgan fingerprint density at radius 2 is 2.13 bits per heavy atom. The van der Waals surface area contributed by atoms with Gasteiger partial charge in [0.25, 0.3) is 0 Å². The van der Waals surface area contributed by atoms with E-state index in [1.54, 1.807) is 49.7 Å². The zero-order valence-electron chi connectivity index (χ0n) is 21.5. The number of para-hydroxylation sites is 1. The van der Waals surface area contributed by atoms with Crippen molar-refractivity contribution in [1.82, 2.24) is 24.6 Å². The van der Waals surface area contributed by atoms with Crippen LogP contribution >= 0.6 is 6.64 Å². The summed E-state index contributed by atoms with van der Waals surface area (Å²) >= 11 is 5.66. The van der Waals surface area contributed by atoms with E-state index in [-0.39, 0.29) is 24.9 Å². The van der Waals surface area contributed by atoms with E-state index in [1.165, 1.54) is 6.33 Å². The zero-order chi connectivity index (χ0) is 27.5. The average Bonchev–Trinajstić information content (AvgIpc) is 3.43. The lowest BCUT2D eigenvalue weighted by Gasteiger charge is -2.29. The van der Waals surface area contributed by atoms with Crippen molar-refractivity contribution >= 4 is 47.3 Å². The van der Waals surface area contributed by atoms with E-state index >= 15 is 4.39 Å². The number of hydrogen-bond acceptors (Lipinski definition) is 11. The normalized spacial score (nSPS) is 23.6. The van der Waals surface area contributed by atoms with Gasteiger partial charge in [0.05, 0.1) is 12.9 Å². The first kappa shape index (κ1) is 28.1. The molecule has 0 spiro atoms. The summed E-state index contributed by atoms with van der Waals surface area (Å²) < 4.78 is 40.4. The van der Waals surface area contributed by atoms with Crippen molar-refractivity contribution < 1.29 is 27.7 Å². The topological polar surface area (TPSA) is 148 Å². The number of ether oxygens (including phenoxy) is 2. The van der Waals surface area contributed by atoms with Gasteiger partial charge >= 0.3 is 12.6 Å². The number of alkyl halides is 1. The van der Waals surface area contributed by atoms with Crippen LogP contribution < -0.4 is 20.7 Å². The first-order valence-corrected chi connectivity index (χ1v) is 14.7. The standard InChI is InChI=1S/C23H31FN7O5PS/c1-5-33-21(32)15(3)30-37(38,36-16-9-7-6-8-10-16)34-12-23(24)11-14(2)20(35-23)31-13-27-17-18(26-4)28-22(25)29-19(17)31/h6-10,13-15,20H,5,11-12H2,1-4H3,(H,30,38)(H3,25,26,28,29)/t14-,15-,20+,23-,37?/m0/s1. The molecule has 0 radical (unpaired) electrons. The summed E-state index contributed by atoms with van der Waals surface area (Å²) in [6.07, 6.45) is 0.774. The van der Waals surface area contributed by atoms with Crippen LogP contribution in [0.25, 0.3) is 11.2 Å². The largest absolute Gasteiger partial charge is 0.465 e. The molecule has 3 aromatic rings. The molecule has 1 saturated heterocycles. The van der Waals surface area contributed by atoms with Crippen LogP contribution in [0, 0.1) is 5.92 Å². The third kappa shape index (κ3) is 6.21. The number of benzene rings is 1. The minimum absolute atomic E-state index is 0.00485. The fourth-order valence-electron chi connectivity index (χ4n) is 4.13. The van der Waals surface area contributed by atoms with E-state index in [2.05, 4.69) is 25.4 Å². The number of fused-ring (bicyclic) bond motifs is 1. The molecule has 15 heteroatoms. The highest BCUT2D eigenvalue weighted by atomic mass is 32.5. The molecule has 0 aliphatic carbocycles. The molecular formula is C23H31FN7O5PS. The zero-order valence-corrected chi connectivity index (χ0v) is 23.2. The molecule has 1 unspecified atom stereocenters. The number of esters is 1. The summed E-state index contributed by atoms with van der Waals surface area (Å²) in [5, 5.41) is 5.82. The van der Waals surface area contributed by atoms with Crippen molar-refractivity contribution in [2.24, 2.45) is 5.92 Å². The quantitative estimate of drug-likeness (QED) is 0.230. The van der Waals surface area contributed by atoms with Crippen molar-refractivity contribution in [2.45, 2.75) is 45.3 Å². The van der Waals surface area contributed by atoms with Gasteiger partial charge in [0, 0.05) is 19.4 Å². The monoisotopic (exact) mass is 567 g/mol. The second-order valence-electron chi connectivity index (χ2n) is 8.86. The maximum Gasteiger partial charge on any atom is 0.323 e. The molecule has 0 saturated carbocycles. The van der Waals surface area contributed by atoms with Gasteiger partial charge in [-0.2, -0.15) is 9.97 Å². The van der Waals surface area contributed by atoms with Crippen molar-refractivity contribution in [1.29, 1.82) is 0 Å². The molecule has 1 aliphatic heterocycles. The van der Waals surface area contributed by atoms with E-state index in [4.69, 9.17) is 36.1 Å². The molecule has 5 atom stereocenters. The van der Waals surface area contributed by atoms with Crippen LogP contribution in [0.2, 0.25) is 0 Å². The summed E-state index contributed by atoms with van der Waals surface area (Å²) in [7, 11) is 1.69. The maximum absolute atomic E-state index is 16.1. The molecule has 3 heterocycles. The van der Waals surface area contributed by atoms with Gasteiger partial charge in [-0.1, -0.05) is 25.1 Å². The van der Waals surface area contributed by atoms with Gasteiger partial charge < -0.3 is 29.6 Å². The lowest BCUT2D eigenvalue weighted by Crippen LogP contribution is -2.37. The van der Waals surface area contributed by atoms with Crippen molar-refractivity contribution in [3.8, 4) is 5.75 Å². The number of nitrogens with one attached hydrogen (secondary N) is 2. The minimum Gasteiger partial charge on any atom is -0.465 e. The third-order valence-electron chi connectivity index (χ3n) is 5.81.